The lowest BCUT2D eigenvalue weighted by Gasteiger charge is -2.28. The lowest BCUT2D eigenvalue weighted by molar-refractivity contribution is -0.134. The van der Waals surface area contributed by atoms with Crippen molar-refractivity contribution in [2.24, 2.45) is 5.92 Å². The third-order valence-corrected chi connectivity index (χ3v) is 5.26. The number of rotatable bonds is 5. The molecule has 0 unspecified atom stereocenters. The summed E-state index contributed by atoms with van der Waals surface area (Å²) in [5.41, 5.74) is 0.939. The van der Waals surface area contributed by atoms with Crippen molar-refractivity contribution in [3.63, 3.8) is 0 Å². The van der Waals surface area contributed by atoms with E-state index in [1.807, 2.05) is 30.3 Å². The van der Waals surface area contributed by atoms with Crippen molar-refractivity contribution in [1.82, 2.24) is 16.0 Å². The normalized spacial score (nSPS) is 23.9. The molecule has 3 amide bonds. The van der Waals surface area contributed by atoms with Crippen LogP contribution in [0, 0.1) is 5.92 Å². The molecule has 0 aromatic heterocycles. The second-order valence-electron chi connectivity index (χ2n) is 7.26. The van der Waals surface area contributed by atoms with Crippen LogP contribution in [-0.4, -0.2) is 36.5 Å². The summed E-state index contributed by atoms with van der Waals surface area (Å²) in [6, 6.07) is 9.28. The summed E-state index contributed by atoms with van der Waals surface area (Å²) >= 11 is 0. The average Bonchev–Trinajstić information content (AvgIpc) is 3.23. The Hall–Kier alpha value is -2.12. The fourth-order valence-electron chi connectivity index (χ4n) is 3.65. The zero-order chi connectivity index (χ0) is 19.1. The largest absolute Gasteiger partial charge is 0.445 e. The number of hydrogen-bond donors (Lipinski definition) is 3. The van der Waals surface area contributed by atoms with E-state index in [9.17, 15) is 14.4 Å². The van der Waals surface area contributed by atoms with Crippen LogP contribution in [-0.2, 0) is 20.9 Å². The third-order valence-electron chi connectivity index (χ3n) is 5.26. The molecule has 1 aromatic carbocycles. The molecular formula is C20H28ClN3O4. The highest BCUT2D eigenvalue weighted by molar-refractivity contribution is 5.98. The lowest BCUT2D eigenvalue weighted by atomic mass is 9.85. The molecule has 28 heavy (non-hydrogen) atoms. The summed E-state index contributed by atoms with van der Waals surface area (Å²) in [4.78, 5) is 36.2. The minimum absolute atomic E-state index is 0. The van der Waals surface area contributed by atoms with Crippen LogP contribution in [0.25, 0.3) is 0 Å². The maximum atomic E-state index is 12.3. The number of hydrogen-bond acceptors (Lipinski definition) is 5. The van der Waals surface area contributed by atoms with Crippen molar-refractivity contribution < 1.29 is 19.1 Å². The second kappa shape index (κ2) is 11.0. The van der Waals surface area contributed by atoms with Crippen molar-refractivity contribution in [2.45, 2.75) is 57.2 Å². The predicted octanol–water partition coefficient (Wildman–Crippen LogP) is 2.29. The van der Waals surface area contributed by atoms with Crippen molar-refractivity contribution in [2.75, 3.05) is 6.54 Å². The van der Waals surface area contributed by atoms with Gasteiger partial charge in [0, 0.05) is 12.0 Å². The van der Waals surface area contributed by atoms with Crippen LogP contribution in [0.1, 0.15) is 44.1 Å². The van der Waals surface area contributed by atoms with Gasteiger partial charge in [0.15, 0.2) is 0 Å². The van der Waals surface area contributed by atoms with Gasteiger partial charge in [0.05, 0.1) is 6.04 Å². The summed E-state index contributed by atoms with van der Waals surface area (Å²) in [6.07, 6.45) is 4.02. The van der Waals surface area contributed by atoms with Crippen molar-refractivity contribution in [3.8, 4) is 0 Å². The van der Waals surface area contributed by atoms with Gasteiger partial charge < -0.3 is 15.4 Å². The first-order chi connectivity index (χ1) is 13.1. The number of nitrogens with one attached hydrogen (secondary N) is 3. The fourth-order valence-corrected chi connectivity index (χ4v) is 3.65. The molecule has 7 nitrogen and oxygen atoms in total. The molecule has 3 rings (SSSR count). The first-order valence-electron chi connectivity index (χ1n) is 9.67. The number of amides is 3. The van der Waals surface area contributed by atoms with Gasteiger partial charge in [-0.1, -0.05) is 30.3 Å². The third kappa shape index (κ3) is 6.49. The first-order valence-corrected chi connectivity index (χ1v) is 9.67. The van der Waals surface area contributed by atoms with E-state index in [4.69, 9.17) is 4.74 Å². The minimum Gasteiger partial charge on any atom is -0.445 e. The van der Waals surface area contributed by atoms with E-state index in [1.165, 1.54) is 0 Å². The topological polar surface area (TPSA) is 96.5 Å². The summed E-state index contributed by atoms with van der Waals surface area (Å²) in [7, 11) is 0. The predicted molar refractivity (Wildman–Crippen MR) is 107 cm³/mol. The van der Waals surface area contributed by atoms with E-state index in [0.717, 1.165) is 24.9 Å². The number of ether oxygens (including phenoxy) is 1. The number of carbonyl (C=O) groups is 3. The number of benzene rings is 1. The molecule has 1 heterocycles. The molecule has 2 fully saturated rings. The number of imide groups is 1. The SMILES string of the molecule is Cl.O=C(NC1CCC(C(=O)NC(=O)[C@@H]2CCCN2)CC1)OCc1ccccc1. The summed E-state index contributed by atoms with van der Waals surface area (Å²) in [5.74, 6) is -0.588. The molecule has 0 spiro atoms. The molecule has 0 radical (unpaired) electrons. The zero-order valence-electron chi connectivity index (χ0n) is 15.8. The lowest BCUT2D eigenvalue weighted by Crippen LogP contribution is -2.47. The average molecular weight is 410 g/mol. The molecule has 1 atom stereocenters. The van der Waals surface area contributed by atoms with Crippen LogP contribution >= 0.6 is 12.4 Å². The molecule has 1 saturated heterocycles. The van der Waals surface area contributed by atoms with E-state index in [0.29, 0.717) is 25.7 Å². The van der Waals surface area contributed by atoms with E-state index in [2.05, 4.69) is 16.0 Å². The van der Waals surface area contributed by atoms with Crippen molar-refractivity contribution >= 4 is 30.3 Å². The Morgan fingerprint density at radius 3 is 2.36 bits per heavy atom. The standard InChI is InChI=1S/C20H27N3O4.ClH/c24-18(23-19(25)17-7-4-12-21-17)15-8-10-16(11-9-15)22-20(26)27-13-14-5-2-1-3-6-14;/h1-3,5-6,15-17,21H,4,7-13H2,(H,22,26)(H,23,24,25);1H/t15?,16?,17-;/m0./s1. The van der Waals surface area contributed by atoms with Crippen LogP contribution in [0.15, 0.2) is 30.3 Å². The van der Waals surface area contributed by atoms with Gasteiger partial charge >= 0.3 is 6.09 Å². The van der Waals surface area contributed by atoms with Crippen molar-refractivity contribution in [3.05, 3.63) is 35.9 Å². The Morgan fingerprint density at radius 2 is 1.71 bits per heavy atom. The van der Waals surface area contributed by atoms with Crippen LogP contribution in [0.3, 0.4) is 0 Å². The Kier molecular flexibility index (Phi) is 8.73. The van der Waals surface area contributed by atoms with E-state index in [-0.39, 0.29) is 48.8 Å². The van der Waals surface area contributed by atoms with Gasteiger partial charge in [-0.15, -0.1) is 12.4 Å². The highest BCUT2D eigenvalue weighted by Crippen LogP contribution is 2.24. The molecule has 2 aliphatic rings. The van der Waals surface area contributed by atoms with E-state index >= 15 is 0 Å². The molecule has 8 heteroatoms. The van der Waals surface area contributed by atoms with Gasteiger partial charge in [-0.2, -0.15) is 0 Å². The number of halogens is 1. The molecule has 1 saturated carbocycles. The maximum Gasteiger partial charge on any atom is 0.407 e. The molecule has 154 valence electrons. The second-order valence-corrected chi connectivity index (χ2v) is 7.26. The van der Waals surface area contributed by atoms with E-state index in [1.54, 1.807) is 0 Å². The summed E-state index contributed by atoms with van der Waals surface area (Å²) in [6.45, 7) is 1.06. The summed E-state index contributed by atoms with van der Waals surface area (Å²) in [5, 5.41) is 8.49. The van der Waals surface area contributed by atoms with E-state index < -0.39 is 6.09 Å². The van der Waals surface area contributed by atoms with Gasteiger partial charge in [0.1, 0.15) is 6.61 Å². The Labute approximate surface area is 171 Å². The van der Waals surface area contributed by atoms with Crippen LogP contribution in [0.4, 0.5) is 4.79 Å². The van der Waals surface area contributed by atoms with Crippen LogP contribution in [0.2, 0.25) is 0 Å². The molecule has 3 N–H and O–H groups in total. The van der Waals surface area contributed by atoms with Gasteiger partial charge in [-0.05, 0) is 50.6 Å². The molecular weight excluding hydrogens is 382 g/mol. The molecule has 1 aliphatic heterocycles. The minimum atomic E-state index is -0.436. The first kappa shape index (κ1) is 22.2. The highest BCUT2D eigenvalue weighted by atomic mass is 35.5. The van der Waals surface area contributed by atoms with Crippen LogP contribution < -0.4 is 16.0 Å². The Balaban J connectivity index is 0.00000280. The van der Waals surface area contributed by atoms with Crippen molar-refractivity contribution in [1.29, 1.82) is 0 Å². The van der Waals surface area contributed by atoms with Crippen LogP contribution in [0.5, 0.6) is 0 Å². The van der Waals surface area contributed by atoms with Gasteiger partial charge in [-0.3, -0.25) is 14.9 Å². The summed E-state index contributed by atoms with van der Waals surface area (Å²) < 4.78 is 5.23. The highest BCUT2D eigenvalue weighted by Gasteiger charge is 2.30. The fraction of sp³-hybridized carbons (Fsp3) is 0.550. The number of alkyl carbamates (subject to hydrolysis) is 1. The molecule has 0 bridgehead atoms. The zero-order valence-corrected chi connectivity index (χ0v) is 16.6. The van der Waals surface area contributed by atoms with Gasteiger partial charge in [-0.25, -0.2) is 4.79 Å². The monoisotopic (exact) mass is 409 g/mol. The smallest absolute Gasteiger partial charge is 0.407 e. The molecule has 1 aromatic rings. The molecule has 1 aliphatic carbocycles. The Morgan fingerprint density at radius 1 is 1.00 bits per heavy atom. The van der Waals surface area contributed by atoms with Gasteiger partial charge in [0.25, 0.3) is 0 Å². The number of carbonyl (C=O) groups excluding carboxylic acids is 3. The maximum absolute atomic E-state index is 12.3. The van der Waals surface area contributed by atoms with Gasteiger partial charge in [0.2, 0.25) is 11.8 Å². The quantitative estimate of drug-likeness (QED) is 0.648. The Bertz CT molecular complexity index is 657.